The van der Waals surface area contributed by atoms with E-state index in [1.807, 2.05) is 6.92 Å². The summed E-state index contributed by atoms with van der Waals surface area (Å²) < 4.78 is 5.32. The van der Waals surface area contributed by atoms with E-state index in [1.54, 1.807) is 31.2 Å². The van der Waals surface area contributed by atoms with Gasteiger partial charge >= 0.3 is 12.0 Å². The molecule has 1 saturated heterocycles. The molecule has 8 nitrogen and oxygen atoms in total. The molecule has 0 spiro atoms. The third-order valence-electron chi connectivity index (χ3n) is 4.13. The number of carbonyl (C=O) groups excluding carboxylic acids is 2. The van der Waals surface area contributed by atoms with Crippen molar-refractivity contribution in [2.24, 2.45) is 5.41 Å². The summed E-state index contributed by atoms with van der Waals surface area (Å²) in [4.78, 5) is 36.6. The predicted molar refractivity (Wildman–Crippen MR) is 91.6 cm³/mol. The Bertz CT molecular complexity index is 646. The first-order valence-electron chi connectivity index (χ1n) is 8.13. The Morgan fingerprint density at radius 2 is 1.96 bits per heavy atom. The van der Waals surface area contributed by atoms with E-state index < -0.39 is 17.4 Å². The van der Waals surface area contributed by atoms with Gasteiger partial charge in [0.15, 0.2) is 0 Å². The maximum absolute atomic E-state index is 12.1. The first kappa shape index (κ1) is 18.6. The van der Waals surface area contributed by atoms with Crippen molar-refractivity contribution in [3.63, 3.8) is 0 Å². The quantitative estimate of drug-likeness (QED) is 0.722. The van der Waals surface area contributed by atoms with Crippen molar-refractivity contribution in [2.45, 2.75) is 20.3 Å². The Balaban J connectivity index is 1.78. The lowest BCUT2D eigenvalue weighted by atomic mass is 9.90. The van der Waals surface area contributed by atoms with E-state index in [-0.39, 0.29) is 19.0 Å². The molecule has 0 saturated carbocycles. The molecule has 1 aromatic rings. The molecule has 0 aromatic heterocycles. The number of amides is 3. The number of anilines is 1. The normalized spacial score (nSPS) is 19.4. The number of carbonyl (C=O) groups is 3. The van der Waals surface area contributed by atoms with Crippen molar-refractivity contribution in [2.75, 3.05) is 31.6 Å². The van der Waals surface area contributed by atoms with Crippen molar-refractivity contribution >= 4 is 23.6 Å². The summed E-state index contributed by atoms with van der Waals surface area (Å²) >= 11 is 0. The number of likely N-dealkylation sites (tertiary alicyclic amines) is 1. The number of hydrogen-bond donors (Lipinski definition) is 3. The molecule has 1 aliphatic heterocycles. The summed E-state index contributed by atoms with van der Waals surface area (Å²) in [6.07, 6.45) is 0.397. The lowest BCUT2D eigenvalue weighted by Crippen LogP contribution is -2.43. The second-order valence-corrected chi connectivity index (χ2v) is 6.20. The highest BCUT2D eigenvalue weighted by Crippen LogP contribution is 2.29. The first-order chi connectivity index (χ1) is 11.8. The summed E-state index contributed by atoms with van der Waals surface area (Å²) in [7, 11) is 0. The second kappa shape index (κ2) is 7.87. The largest absolute Gasteiger partial charge is 0.494 e. The van der Waals surface area contributed by atoms with Crippen molar-refractivity contribution in [1.82, 2.24) is 10.2 Å². The first-order valence-corrected chi connectivity index (χ1v) is 8.13. The summed E-state index contributed by atoms with van der Waals surface area (Å²) in [5, 5.41) is 14.4. The van der Waals surface area contributed by atoms with Crippen molar-refractivity contribution < 1.29 is 24.2 Å². The van der Waals surface area contributed by atoms with Gasteiger partial charge in [-0.05, 0) is 44.5 Å². The van der Waals surface area contributed by atoms with Gasteiger partial charge in [0.2, 0.25) is 5.91 Å². The highest BCUT2D eigenvalue weighted by molar-refractivity contribution is 5.94. The number of nitrogens with zero attached hydrogens (tertiary/aromatic N) is 1. The monoisotopic (exact) mass is 349 g/mol. The van der Waals surface area contributed by atoms with Gasteiger partial charge in [-0.15, -0.1) is 0 Å². The summed E-state index contributed by atoms with van der Waals surface area (Å²) in [5.41, 5.74) is -0.329. The Kier molecular flexibility index (Phi) is 5.84. The number of hydrogen-bond acceptors (Lipinski definition) is 4. The molecular weight excluding hydrogens is 326 g/mol. The molecule has 3 amide bonds. The van der Waals surface area contributed by atoms with Gasteiger partial charge in [0.25, 0.3) is 0 Å². The van der Waals surface area contributed by atoms with Gasteiger partial charge in [0.1, 0.15) is 5.75 Å². The number of nitrogens with one attached hydrogen (secondary N) is 2. The van der Waals surface area contributed by atoms with Crippen molar-refractivity contribution in [3.8, 4) is 5.75 Å². The average molecular weight is 349 g/mol. The van der Waals surface area contributed by atoms with Crippen LogP contribution in [0.5, 0.6) is 5.75 Å². The maximum atomic E-state index is 12.1. The van der Waals surface area contributed by atoms with Gasteiger partial charge in [-0.25, -0.2) is 4.79 Å². The van der Waals surface area contributed by atoms with E-state index >= 15 is 0 Å². The van der Waals surface area contributed by atoms with Crippen LogP contribution in [-0.4, -0.2) is 54.2 Å². The van der Waals surface area contributed by atoms with Gasteiger partial charge < -0.3 is 25.4 Å². The van der Waals surface area contributed by atoms with Crippen molar-refractivity contribution in [1.29, 1.82) is 0 Å². The molecule has 1 aliphatic rings. The van der Waals surface area contributed by atoms with Crippen LogP contribution in [0.2, 0.25) is 0 Å². The van der Waals surface area contributed by atoms with E-state index in [4.69, 9.17) is 4.74 Å². The molecule has 0 bridgehead atoms. The molecule has 136 valence electrons. The molecular formula is C17H23N3O5. The molecule has 8 heteroatoms. The molecule has 2 rings (SSSR count). The van der Waals surface area contributed by atoms with Crippen LogP contribution in [0, 0.1) is 5.41 Å². The number of ether oxygens (including phenoxy) is 1. The highest BCUT2D eigenvalue weighted by Gasteiger charge is 2.42. The fourth-order valence-corrected chi connectivity index (χ4v) is 2.58. The number of carboxylic acids is 1. The van der Waals surface area contributed by atoms with Gasteiger partial charge in [0.05, 0.1) is 18.6 Å². The fraction of sp³-hybridized carbons (Fsp3) is 0.471. The summed E-state index contributed by atoms with van der Waals surface area (Å²) in [5.74, 6) is -0.571. The van der Waals surface area contributed by atoms with Crippen LogP contribution in [0.15, 0.2) is 24.3 Å². The Morgan fingerprint density at radius 3 is 2.52 bits per heavy atom. The smallest absolute Gasteiger partial charge is 0.317 e. The number of urea groups is 1. The van der Waals surface area contributed by atoms with Crippen molar-refractivity contribution in [3.05, 3.63) is 24.3 Å². The second-order valence-electron chi connectivity index (χ2n) is 6.20. The molecule has 1 heterocycles. The van der Waals surface area contributed by atoms with E-state index in [0.29, 0.717) is 31.0 Å². The molecule has 0 aliphatic carbocycles. The van der Waals surface area contributed by atoms with Crippen LogP contribution >= 0.6 is 0 Å². The molecule has 1 unspecified atom stereocenters. The van der Waals surface area contributed by atoms with E-state index in [1.165, 1.54) is 4.90 Å². The van der Waals surface area contributed by atoms with E-state index in [9.17, 15) is 19.5 Å². The topological polar surface area (TPSA) is 108 Å². The van der Waals surface area contributed by atoms with Crippen LogP contribution in [-0.2, 0) is 9.59 Å². The summed E-state index contributed by atoms with van der Waals surface area (Å²) in [6.45, 7) is 4.37. The molecule has 1 aromatic carbocycles. The zero-order valence-corrected chi connectivity index (χ0v) is 14.4. The van der Waals surface area contributed by atoms with Gasteiger partial charge in [-0.1, -0.05) is 0 Å². The molecule has 3 N–H and O–H groups in total. The molecule has 1 fully saturated rings. The average Bonchev–Trinajstić information content (AvgIpc) is 2.99. The maximum Gasteiger partial charge on any atom is 0.317 e. The standard InChI is InChI=1S/C17H23N3O5/c1-3-25-13-6-4-12(5-7-13)19-14(21)10-18-16(24)20-9-8-17(2,11-20)15(22)23/h4-7H,3,8-11H2,1-2H3,(H,18,24)(H,19,21)(H,22,23). The van der Waals surface area contributed by atoms with Gasteiger partial charge in [-0.3, -0.25) is 9.59 Å². The van der Waals surface area contributed by atoms with Gasteiger partial charge in [-0.2, -0.15) is 0 Å². The third kappa shape index (κ3) is 4.85. The number of carboxylic acid groups (broad SMARTS) is 1. The summed E-state index contributed by atoms with van der Waals surface area (Å²) in [6, 6.07) is 6.47. The Hall–Kier alpha value is -2.77. The SMILES string of the molecule is CCOc1ccc(NC(=O)CNC(=O)N2CCC(C)(C(=O)O)C2)cc1. The Morgan fingerprint density at radius 1 is 1.28 bits per heavy atom. The zero-order valence-electron chi connectivity index (χ0n) is 14.4. The zero-order chi connectivity index (χ0) is 18.4. The van der Waals surface area contributed by atoms with Gasteiger partial charge in [0, 0.05) is 18.8 Å². The van der Waals surface area contributed by atoms with Crippen LogP contribution in [0.25, 0.3) is 0 Å². The molecule has 0 radical (unpaired) electrons. The molecule has 25 heavy (non-hydrogen) atoms. The lowest BCUT2D eigenvalue weighted by molar-refractivity contribution is -0.147. The van der Waals surface area contributed by atoms with Crippen LogP contribution in [0.3, 0.4) is 0 Å². The lowest BCUT2D eigenvalue weighted by Gasteiger charge is -2.20. The third-order valence-corrected chi connectivity index (χ3v) is 4.13. The Labute approximate surface area is 146 Å². The van der Waals surface area contributed by atoms with E-state index in [0.717, 1.165) is 0 Å². The number of aliphatic carboxylic acids is 1. The van der Waals surface area contributed by atoms with Crippen LogP contribution in [0.1, 0.15) is 20.3 Å². The number of benzene rings is 1. The fourth-order valence-electron chi connectivity index (χ4n) is 2.58. The molecule has 1 atom stereocenters. The predicted octanol–water partition coefficient (Wildman–Crippen LogP) is 1.53. The minimum atomic E-state index is -0.929. The highest BCUT2D eigenvalue weighted by atomic mass is 16.5. The van der Waals surface area contributed by atoms with Crippen LogP contribution < -0.4 is 15.4 Å². The van der Waals surface area contributed by atoms with E-state index in [2.05, 4.69) is 10.6 Å². The van der Waals surface area contributed by atoms with Crippen LogP contribution in [0.4, 0.5) is 10.5 Å². The minimum absolute atomic E-state index is 0.134. The minimum Gasteiger partial charge on any atom is -0.494 e. The number of rotatable bonds is 6.